The number of carbonyl (C=O) groups is 3. The van der Waals surface area contributed by atoms with Crippen LogP contribution in [-0.4, -0.2) is 118 Å². The van der Waals surface area contributed by atoms with Crippen LogP contribution in [0.15, 0.2) is 24.3 Å². The predicted molar refractivity (Wildman–Crippen MR) is 293 cm³/mol. The lowest BCUT2D eigenvalue weighted by molar-refractivity contribution is -0.183. The molecule has 2 saturated carbocycles. The molecule has 15 unspecified atom stereocenters. The van der Waals surface area contributed by atoms with E-state index in [2.05, 4.69) is 52.9 Å². The zero-order valence-corrected chi connectivity index (χ0v) is 46.6. The Labute approximate surface area is 454 Å². The van der Waals surface area contributed by atoms with Gasteiger partial charge < -0.3 is 50.6 Å². The van der Waals surface area contributed by atoms with E-state index >= 15 is 4.79 Å². The van der Waals surface area contributed by atoms with Crippen LogP contribution in [0.25, 0.3) is 0 Å². The minimum absolute atomic E-state index is 0.00392. The fourth-order valence-corrected chi connectivity index (χ4v) is 19.5. The van der Waals surface area contributed by atoms with Crippen molar-refractivity contribution < 1.29 is 49.0 Å². The molecule has 9 aliphatic rings. The normalized spacial score (nSPS) is 39.6. The molecule has 5 fully saturated rings. The van der Waals surface area contributed by atoms with Crippen molar-refractivity contribution in [2.24, 2.45) is 52.3 Å². The number of benzene rings is 1. The van der Waals surface area contributed by atoms with Crippen molar-refractivity contribution in [3.8, 4) is 23.3 Å². The lowest BCUT2D eigenvalue weighted by Gasteiger charge is -2.56. The Morgan fingerprint density at radius 1 is 0.987 bits per heavy atom. The SMILES string of the molecule is CC(=O)OC1CC(OC(=O)C23CCCCC2CCC(=O)N3)C2(CCNCC2)C2c3ccc(O)c4c3C(CC2C#CCC2CC(C)(O)CSSCC(NCC3C=CCC(C)C3)C(O)CCC21)C(C1(CO)CCCC1)CO4. The van der Waals surface area contributed by atoms with E-state index in [1.54, 1.807) is 27.7 Å². The van der Waals surface area contributed by atoms with E-state index in [1.807, 2.05) is 6.92 Å². The fourth-order valence-electron chi connectivity index (χ4n) is 16.7. The van der Waals surface area contributed by atoms with Gasteiger partial charge in [0.05, 0.1) is 18.3 Å². The van der Waals surface area contributed by atoms with Gasteiger partial charge in [-0.3, -0.25) is 9.59 Å². The van der Waals surface area contributed by atoms with E-state index in [1.165, 1.54) is 6.92 Å². The Bertz CT molecular complexity index is 2310. The van der Waals surface area contributed by atoms with Gasteiger partial charge in [-0.1, -0.05) is 78.3 Å². The lowest BCUT2D eigenvalue weighted by atomic mass is 9.51. The average molecular weight is 1070 g/mol. The zero-order chi connectivity index (χ0) is 52.5. The molecule has 0 aromatic heterocycles. The van der Waals surface area contributed by atoms with E-state index in [9.17, 15) is 30.0 Å². The number of carbonyl (C=O) groups excluding carboxylic acids is 3. The van der Waals surface area contributed by atoms with Crippen LogP contribution in [0.2, 0.25) is 0 Å². The second-order valence-electron chi connectivity index (χ2n) is 25.4. The summed E-state index contributed by atoms with van der Waals surface area (Å²) in [4.78, 5) is 43.0. The summed E-state index contributed by atoms with van der Waals surface area (Å²) in [6.07, 6.45) is 16.2. The van der Waals surface area contributed by atoms with Crippen molar-refractivity contribution in [3.63, 3.8) is 0 Å². The molecule has 1 spiro atoms. The van der Waals surface area contributed by atoms with Crippen LogP contribution >= 0.6 is 21.6 Å². The van der Waals surface area contributed by atoms with Gasteiger partial charge in [0.1, 0.15) is 17.7 Å². The van der Waals surface area contributed by atoms with Crippen LogP contribution in [0.1, 0.15) is 172 Å². The number of piperidine rings is 2. The molecule has 15 heteroatoms. The number of aliphatic hydroxyl groups is 3. The van der Waals surface area contributed by atoms with Crippen LogP contribution < -0.4 is 20.7 Å². The van der Waals surface area contributed by atoms with Crippen LogP contribution in [0.4, 0.5) is 0 Å². The van der Waals surface area contributed by atoms with Gasteiger partial charge in [-0.05, 0) is 145 Å². The molecule has 0 bridgehead atoms. The molecule has 15 atom stereocenters. The van der Waals surface area contributed by atoms with Crippen LogP contribution in [0.5, 0.6) is 11.5 Å². The third-order valence-corrected chi connectivity index (χ3v) is 23.1. The third-order valence-electron chi connectivity index (χ3n) is 20.4. The summed E-state index contributed by atoms with van der Waals surface area (Å²) in [5.74, 6) is 8.11. The first-order valence-corrected chi connectivity index (χ1v) is 31.7. The molecule has 4 heterocycles. The number of nitrogens with one attached hydrogen (secondary N) is 3. The predicted octanol–water partition coefficient (Wildman–Crippen LogP) is 8.46. The van der Waals surface area contributed by atoms with Crippen molar-refractivity contribution in [1.29, 1.82) is 0 Å². The fraction of sp³-hybridized carbons (Fsp3) is 0.783. The maximum absolute atomic E-state index is 15.8. The number of aliphatic hydroxyl groups excluding tert-OH is 2. The highest BCUT2D eigenvalue weighted by molar-refractivity contribution is 8.76. The van der Waals surface area contributed by atoms with Gasteiger partial charge in [0.25, 0.3) is 0 Å². The minimum atomic E-state index is -1.18. The quantitative estimate of drug-likeness (QED) is 0.0567. The number of phenols is 1. The summed E-state index contributed by atoms with van der Waals surface area (Å²) in [5, 5.41) is 58.4. The number of phenolic OH excluding ortho intramolecular Hbond substituents is 1. The zero-order valence-electron chi connectivity index (χ0n) is 45.0. The number of esters is 2. The number of hydrogen-bond acceptors (Lipinski definition) is 14. The summed E-state index contributed by atoms with van der Waals surface area (Å²) in [7, 11) is 3.31. The molecule has 7 N–H and O–H groups in total. The van der Waals surface area contributed by atoms with Gasteiger partial charge in [-0.2, -0.15) is 0 Å². The Morgan fingerprint density at radius 2 is 1.79 bits per heavy atom. The van der Waals surface area contributed by atoms with Crippen molar-refractivity contribution in [2.45, 2.75) is 197 Å². The summed E-state index contributed by atoms with van der Waals surface area (Å²) in [6.45, 7) is 8.14. The standard InChI is InChI=1S/C60H87N3O10S2/c1-37-10-8-11-39(28-37)32-62-47-34-74-75-36-57(3,70)31-41-13-9-12-40-29-45-46(58(35-64)21-6-7-22-58)33-71-55-49(67)19-17-44(53(45)55)54(40)59(24-26-61-27-25-59)51(30-50(72-38(2)65)43(41)16-18-48(47)66)73-56(69)60-23-5-4-14-42(60)15-20-52(68)63-60/h8,11,17,19,37,39-43,45-48,50-51,54,61-62,64,66-67,70H,4-7,10,13-16,18,20-36H2,1-3H3,(H,63,68). The maximum atomic E-state index is 15.8. The van der Waals surface area contributed by atoms with Gasteiger partial charge in [-0.25, -0.2) is 4.79 Å². The van der Waals surface area contributed by atoms with Crippen molar-refractivity contribution in [3.05, 3.63) is 35.4 Å². The van der Waals surface area contributed by atoms with E-state index < -0.39 is 46.8 Å². The highest BCUT2D eigenvalue weighted by Gasteiger charge is 2.60. The van der Waals surface area contributed by atoms with Crippen molar-refractivity contribution >= 4 is 39.4 Å². The minimum Gasteiger partial charge on any atom is -0.504 e. The molecule has 10 rings (SSSR count). The Balaban J connectivity index is 1.11. The maximum Gasteiger partial charge on any atom is 0.332 e. The molecule has 75 heavy (non-hydrogen) atoms. The van der Waals surface area contributed by atoms with Gasteiger partial charge in [0, 0.05) is 97.0 Å². The Hall–Kier alpha value is -2.97. The van der Waals surface area contributed by atoms with E-state index in [-0.39, 0.29) is 77.6 Å². The summed E-state index contributed by atoms with van der Waals surface area (Å²) < 4.78 is 20.8. The number of hydrogen-bond donors (Lipinski definition) is 7. The first-order chi connectivity index (χ1) is 36.1. The highest BCUT2D eigenvalue weighted by atomic mass is 33.1. The Morgan fingerprint density at radius 3 is 2.56 bits per heavy atom. The number of aromatic hydroxyl groups is 1. The monoisotopic (exact) mass is 1070 g/mol. The molecule has 1 aromatic carbocycles. The first kappa shape index (κ1) is 55.3. The number of fused-ring (bicyclic) bond motifs is 5. The van der Waals surface area contributed by atoms with E-state index in [4.69, 9.17) is 14.2 Å². The van der Waals surface area contributed by atoms with Crippen LogP contribution in [0, 0.1) is 64.1 Å². The third kappa shape index (κ3) is 11.4. The van der Waals surface area contributed by atoms with Gasteiger partial charge in [0.15, 0.2) is 11.5 Å². The van der Waals surface area contributed by atoms with E-state index in [0.29, 0.717) is 113 Å². The number of amides is 1. The largest absolute Gasteiger partial charge is 0.504 e. The highest BCUT2D eigenvalue weighted by Crippen LogP contribution is 2.65. The molecular formula is C60H87N3O10S2. The molecule has 1 amide bonds. The second-order valence-corrected chi connectivity index (χ2v) is 27.9. The van der Waals surface area contributed by atoms with Crippen LogP contribution in [0.3, 0.4) is 0 Å². The van der Waals surface area contributed by atoms with Crippen LogP contribution in [-0.2, 0) is 23.9 Å². The molecule has 4 aliphatic heterocycles. The van der Waals surface area contributed by atoms with Gasteiger partial charge in [-0.15, -0.1) is 5.92 Å². The molecule has 5 aliphatic carbocycles. The molecule has 414 valence electrons. The number of rotatable bonds is 8. The summed E-state index contributed by atoms with van der Waals surface area (Å²) in [5.41, 5.74) is -1.37. The molecular weight excluding hydrogens is 987 g/mol. The molecule has 1 aromatic rings. The molecule has 3 saturated heterocycles. The molecule has 13 nitrogen and oxygen atoms in total. The first-order valence-electron chi connectivity index (χ1n) is 29.2. The Kier molecular flexibility index (Phi) is 17.3. The van der Waals surface area contributed by atoms with Crippen molar-refractivity contribution in [2.75, 3.05) is 44.4 Å². The van der Waals surface area contributed by atoms with Gasteiger partial charge in [0.2, 0.25) is 5.91 Å². The topological polar surface area (TPSA) is 196 Å². The summed E-state index contributed by atoms with van der Waals surface area (Å²) >= 11 is 0. The molecule has 0 radical (unpaired) electrons. The smallest absolute Gasteiger partial charge is 0.332 e. The lowest BCUT2D eigenvalue weighted by Crippen LogP contribution is -2.65. The number of allylic oxidation sites excluding steroid dienone is 1. The number of ether oxygens (including phenoxy) is 3. The van der Waals surface area contributed by atoms with Gasteiger partial charge >= 0.3 is 11.9 Å². The van der Waals surface area contributed by atoms with Crippen molar-refractivity contribution in [1.82, 2.24) is 16.0 Å². The van der Waals surface area contributed by atoms with E-state index in [0.717, 1.165) is 75.5 Å². The average Bonchev–Trinajstić information content (AvgIpc) is 3.88. The second kappa shape index (κ2) is 23.4. The summed E-state index contributed by atoms with van der Waals surface area (Å²) in [6, 6.07) is 3.60.